The highest BCUT2D eigenvalue weighted by molar-refractivity contribution is 5.09. The Morgan fingerprint density at radius 2 is 2.17 bits per heavy atom. The molecule has 1 aliphatic carbocycles. The first-order chi connectivity index (χ1) is 8.71. The van der Waals surface area contributed by atoms with Gasteiger partial charge in [-0.3, -0.25) is 4.79 Å². The minimum absolute atomic E-state index is 0.117. The molecule has 1 aromatic rings. The van der Waals surface area contributed by atoms with Crippen molar-refractivity contribution >= 4 is 0 Å². The minimum atomic E-state index is -0.166. The third-order valence-electron chi connectivity index (χ3n) is 3.44. The number of aliphatic hydroxyl groups is 1. The molecule has 0 radical (unpaired) electrons. The Kier molecular flexibility index (Phi) is 4.36. The molecule has 0 bridgehead atoms. The second kappa shape index (κ2) is 6.00. The lowest BCUT2D eigenvalue weighted by atomic mass is 9.88. The Balaban J connectivity index is 1.97. The van der Waals surface area contributed by atoms with Crippen LogP contribution in [0.15, 0.2) is 10.9 Å². The summed E-state index contributed by atoms with van der Waals surface area (Å²) in [5.41, 5.74) is -0.166. The van der Waals surface area contributed by atoms with E-state index in [1.807, 2.05) is 6.92 Å². The largest absolute Gasteiger partial charge is 0.474 e. The molecule has 0 saturated heterocycles. The van der Waals surface area contributed by atoms with Gasteiger partial charge in [-0.25, -0.2) is 4.98 Å². The zero-order chi connectivity index (χ0) is 13.0. The average Bonchev–Trinajstić information content (AvgIpc) is 2.39. The van der Waals surface area contributed by atoms with Crippen molar-refractivity contribution in [3.05, 3.63) is 22.2 Å². The summed E-state index contributed by atoms with van der Waals surface area (Å²) in [6.45, 7) is 2.20. The van der Waals surface area contributed by atoms with Crippen LogP contribution in [-0.4, -0.2) is 27.8 Å². The molecule has 5 nitrogen and oxygen atoms in total. The van der Waals surface area contributed by atoms with Crippen LogP contribution in [0.25, 0.3) is 0 Å². The van der Waals surface area contributed by atoms with E-state index in [9.17, 15) is 4.79 Å². The highest BCUT2D eigenvalue weighted by atomic mass is 16.5. The number of H-pyrrole nitrogens is 1. The predicted octanol–water partition coefficient (Wildman–Crippen LogP) is 1.26. The van der Waals surface area contributed by atoms with Crippen molar-refractivity contribution in [2.75, 3.05) is 6.61 Å². The summed E-state index contributed by atoms with van der Waals surface area (Å²) in [5.74, 6) is 1.48. The van der Waals surface area contributed by atoms with Crippen LogP contribution < -0.4 is 10.3 Å². The van der Waals surface area contributed by atoms with Gasteiger partial charge in [0.1, 0.15) is 11.9 Å². The highest BCUT2D eigenvalue weighted by Gasteiger charge is 2.22. The van der Waals surface area contributed by atoms with E-state index in [1.54, 1.807) is 0 Å². The lowest BCUT2D eigenvalue weighted by Gasteiger charge is -2.27. The zero-order valence-corrected chi connectivity index (χ0v) is 10.7. The summed E-state index contributed by atoms with van der Waals surface area (Å²) in [7, 11) is 0. The van der Waals surface area contributed by atoms with E-state index in [4.69, 9.17) is 9.84 Å². The molecule has 2 N–H and O–H groups in total. The number of nitrogens with zero attached hydrogens (tertiary/aromatic N) is 1. The molecule has 0 unspecified atom stereocenters. The van der Waals surface area contributed by atoms with Crippen LogP contribution in [0.2, 0.25) is 0 Å². The smallest absolute Gasteiger partial charge is 0.254 e. The van der Waals surface area contributed by atoms with Crippen LogP contribution >= 0.6 is 0 Å². The molecule has 0 spiro atoms. The fourth-order valence-electron chi connectivity index (χ4n) is 2.31. The van der Waals surface area contributed by atoms with Gasteiger partial charge in [0, 0.05) is 13.0 Å². The number of aryl methyl sites for hydroxylation is 1. The van der Waals surface area contributed by atoms with Crippen LogP contribution in [0.4, 0.5) is 0 Å². The van der Waals surface area contributed by atoms with Gasteiger partial charge in [0.2, 0.25) is 5.88 Å². The molecule has 5 heteroatoms. The number of rotatable bonds is 4. The van der Waals surface area contributed by atoms with Crippen molar-refractivity contribution in [3.63, 3.8) is 0 Å². The maximum Gasteiger partial charge on any atom is 0.254 e. The van der Waals surface area contributed by atoms with E-state index in [0.29, 0.717) is 24.0 Å². The highest BCUT2D eigenvalue weighted by Crippen LogP contribution is 2.26. The monoisotopic (exact) mass is 252 g/mol. The lowest BCUT2D eigenvalue weighted by Crippen LogP contribution is -2.26. The summed E-state index contributed by atoms with van der Waals surface area (Å²) < 4.78 is 5.76. The third kappa shape index (κ3) is 3.32. The van der Waals surface area contributed by atoms with Crippen molar-refractivity contribution in [1.29, 1.82) is 0 Å². The van der Waals surface area contributed by atoms with Crippen LogP contribution in [0, 0.1) is 5.92 Å². The Morgan fingerprint density at radius 1 is 1.44 bits per heavy atom. The van der Waals surface area contributed by atoms with Gasteiger partial charge in [-0.1, -0.05) is 6.92 Å². The van der Waals surface area contributed by atoms with Gasteiger partial charge >= 0.3 is 0 Å². The molecule has 0 amide bonds. The first kappa shape index (κ1) is 13.1. The molecule has 1 heterocycles. The maximum atomic E-state index is 11.4. The quantitative estimate of drug-likeness (QED) is 0.846. The van der Waals surface area contributed by atoms with Gasteiger partial charge in [0.15, 0.2) is 0 Å². The van der Waals surface area contributed by atoms with Crippen molar-refractivity contribution in [1.82, 2.24) is 9.97 Å². The van der Waals surface area contributed by atoms with Crippen LogP contribution in [0.3, 0.4) is 0 Å². The van der Waals surface area contributed by atoms with Crippen molar-refractivity contribution in [2.45, 2.75) is 45.1 Å². The maximum absolute atomic E-state index is 11.4. The van der Waals surface area contributed by atoms with Gasteiger partial charge in [-0.05, 0) is 31.6 Å². The van der Waals surface area contributed by atoms with E-state index >= 15 is 0 Å². The lowest BCUT2D eigenvalue weighted by molar-refractivity contribution is 0.100. The fraction of sp³-hybridized carbons (Fsp3) is 0.692. The molecule has 1 saturated carbocycles. The Labute approximate surface area is 106 Å². The number of ether oxygens (including phenoxy) is 1. The molecule has 0 aromatic carbocycles. The van der Waals surface area contributed by atoms with Crippen LogP contribution in [0.1, 0.15) is 38.4 Å². The topological polar surface area (TPSA) is 75.2 Å². The number of aromatic nitrogens is 2. The number of aliphatic hydroxyl groups excluding tert-OH is 1. The third-order valence-corrected chi connectivity index (χ3v) is 3.44. The molecule has 0 atom stereocenters. The number of aromatic amines is 1. The Bertz CT molecular complexity index is 436. The fourth-order valence-corrected chi connectivity index (χ4v) is 2.31. The van der Waals surface area contributed by atoms with Crippen molar-refractivity contribution in [3.8, 4) is 5.88 Å². The first-order valence-electron chi connectivity index (χ1n) is 6.59. The summed E-state index contributed by atoms with van der Waals surface area (Å²) in [6.07, 6.45) is 4.59. The molecule has 1 fully saturated rings. The van der Waals surface area contributed by atoms with Gasteiger partial charge < -0.3 is 14.8 Å². The predicted molar refractivity (Wildman–Crippen MR) is 67.7 cm³/mol. The molecule has 18 heavy (non-hydrogen) atoms. The Morgan fingerprint density at radius 3 is 2.78 bits per heavy atom. The van der Waals surface area contributed by atoms with Crippen molar-refractivity contribution < 1.29 is 9.84 Å². The average molecular weight is 252 g/mol. The molecule has 1 aromatic heterocycles. The summed E-state index contributed by atoms with van der Waals surface area (Å²) in [4.78, 5) is 18.3. The minimum Gasteiger partial charge on any atom is -0.474 e. The van der Waals surface area contributed by atoms with Gasteiger partial charge in [0.05, 0.1) is 6.07 Å². The molecular weight excluding hydrogens is 232 g/mol. The van der Waals surface area contributed by atoms with E-state index in [1.165, 1.54) is 6.07 Å². The van der Waals surface area contributed by atoms with Gasteiger partial charge in [0.25, 0.3) is 5.56 Å². The summed E-state index contributed by atoms with van der Waals surface area (Å²) >= 11 is 0. The standard InChI is InChI=1S/C13H20N2O3/c1-2-11-14-12(17)7-13(15-11)18-10-5-3-9(8-16)4-6-10/h7,9-10,16H,2-6,8H2,1H3,(H,14,15,17). The van der Waals surface area contributed by atoms with Crippen molar-refractivity contribution in [2.24, 2.45) is 5.92 Å². The number of nitrogens with one attached hydrogen (secondary N) is 1. The van der Waals surface area contributed by atoms with Crippen LogP contribution in [0.5, 0.6) is 5.88 Å². The molecule has 1 aliphatic rings. The second-order valence-electron chi connectivity index (χ2n) is 4.83. The van der Waals surface area contributed by atoms with E-state index in [-0.39, 0.29) is 18.3 Å². The zero-order valence-electron chi connectivity index (χ0n) is 10.7. The van der Waals surface area contributed by atoms with E-state index in [0.717, 1.165) is 25.7 Å². The molecule has 100 valence electrons. The summed E-state index contributed by atoms with van der Waals surface area (Å²) in [5, 5.41) is 9.07. The normalized spacial score (nSPS) is 23.9. The van der Waals surface area contributed by atoms with E-state index < -0.39 is 0 Å². The SMILES string of the molecule is CCc1nc(OC2CCC(CO)CC2)cc(=O)[nH]1. The second-order valence-corrected chi connectivity index (χ2v) is 4.83. The van der Waals surface area contributed by atoms with Gasteiger partial charge in [-0.2, -0.15) is 0 Å². The Hall–Kier alpha value is -1.36. The molecule has 2 rings (SSSR count). The number of hydrogen-bond acceptors (Lipinski definition) is 4. The van der Waals surface area contributed by atoms with Crippen LogP contribution in [-0.2, 0) is 6.42 Å². The molecule has 0 aliphatic heterocycles. The summed E-state index contributed by atoms with van der Waals surface area (Å²) in [6, 6.07) is 1.40. The number of hydrogen-bond donors (Lipinski definition) is 2. The van der Waals surface area contributed by atoms with E-state index in [2.05, 4.69) is 9.97 Å². The first-order valence-corrected chi connectivity index (χ1v) is 6.59. The van der Waals surface area contributed by atoms with Gasteiger partial charge in [-0.15, -0.1) is 0 Å². The molecular formula is C13H20N2O3.